The molecule has 0 bridgehead atoms. The Labute approximate surface area is 163 Å². The van der Waals surface area contributed by atoms with Gasteiger partial charge in [0.1, 0.15) is 10.6 Å². The number of thiazole rings is 1. The Morgan fingerprint density at radius 2 is 2.07 bits per heavy atom. The molecule has 27 heavy (non-hydrogen) atoms. The number of nitrogens with one attached hydrogen (secondary N) is 1. The van der Waals surface area contributed by atoms with E-state index < -0.39 is 23.7 Å². The molecule has 1 amide bonds. The Morgan fingerprint density at radius 1 is 1.41 bits per heavy atom. The summed E-state index contributed by atoms with van der Waals surface area (Å²) in [5, 5.41) is 8.69. The molecule has 150 valence electrons. The Morgan fingerprint density at radius 3 is 2.59 bits per heavy atom. The fourth-order valence-electron chi connectivity index (χ4n) is 2.20. The van der Waals surface area contributed by atoms with Gasteiger partial charge in [-0.25, -0.2) is 14.6 Å². The van der Waals surface area contributed by atoms with Gasteiger partial charge in [-0.1, -0.05) is 19.0 Å². The molecule has 0 aliphatic carbocycles. The molecule has 0 saturated carbocycles. The maximum absolute atomic E-state index is 12.1. The second-order valence-corrected chi connectivity index (χ2v) is 8.13. The highest BCUT2D eigenvalue weighted by Crippen LogP contribution is 2.28. The Balaban J connectivity index is 2.93. The summed E-state index contributed by atoms with van der Waals surface area (Å²) in [4.78, 5) is 31.0. The molecule has 0 aliphatic rings. The predicted molar refractivity (Wildman–Crippen MR) is 103 cm³/mol. The molecule has 0 aliphatic heterocycles. The molecule has 1 rings (SSSR count). The van der Waals surface area contributed by atoms with Crippen LogP contribution in [-0.2, 0) is 9.47 Å². The third-order valence-electron chi connectivity index (χ3n) is 3.47. The number of hydrogen-bond donors (Lipinski definition) is 1. The van der Waals surface area contributed by atoms with Crippen molar-refractivity contribution >= 4 is 23.4 Å². The SMILES string of the molecule is CCOC(=O)c1csc(C(C[C@@H](NC(=O)OC(C)(C)C)C(C)C)N=[N+]=[N-])n1. The highest BCUT2D eigenvalue weighted by atomic mass is 32.1. The van der Waals surface area contributed by atoms with Crippen molar-refractivity contribution in [3.8, 4) is 0 Å². The standard InChI is InChI=1S/C17H27N5O4S/c1-7-25-15(23)13-9-27-14(19-13)12(21-22-18)8-11(10(2)3)20-16(24)26-17(4,5)6/h9-12H,7-8H2,1-6H3,(H,20,24)/t11-,12?/m1/s1. The Bertz CT molecular complexity index is 692. The quantitative estimate of drug-likeness (QED) is 0.296. The average Bonchev–Trinajstić information content (AvgIpc) is 3.01. The van der Waals surface area contributed by atoms with Crippen LogP contribution in [0.2, 0.25) is 0 Å². The molecule has 0 spiro atoms. The maximum Gasteiger partial charge on any atom is 0.407 e. The average molecular weight is 398 g/mol. The van der Waals surface area contributed by atoms with Gasteiger partial charge in [-0.2, -0.15) is 0 Å². The third-order valence-corrected chi connectivity index (χ3v) is 4.41. The predicted octanol–water partition coefficient (Wildman–Crippen LogP) is 4.61. The van der Waals surface area contributed by atoms with Gasteiger partial charge in [0.2, 0.25) is 0 Å². The molecule has 1 aromatic heterocycles. The molecule has 2 atom stereocenters. The highest BCUT2D eigenvalue weighted by molar-refractivity contribution is 7.09. The van der Waals surface area contributed by atoms with E-state index in [1.165, 1.54) is 11.3 Å². The van der Waals surface area contributed by atoms with Crippen LogP contribution in [0.1, 0.15) is 69.5 Å². The first-order valence-corrected chi connectivity index (χ1v) is 9.61. The number of azide groups is 1. The summed E-state index contributed by atoms with van der Waals surface area (Å²) in [5.74, 6) is -0.453. The van der Waals surface area contributed by atoms with Gasteiger partial charge in [-0.15, -0.1) is 11.3 Å². The summed E-state index contributed by atoms with van der Waals surface area (Å²) in [7, 11) is 0. The summed E-state index contributed by atoms with van der Waals surface area (Å²) in [5.41, 5.74) is 8.48. The smallest absolute Gasteiger partial charge is 0.407 e. The van der Waals surface area contributed by atoms with Gasteiger partial charge in [-0.05, 0) is 45.6 Å². The van der Waals surface area contributed by atoms with Crippen molar-refractivity contribution in [3.05, 3.63) is 26.5 Å². The number of carbonyl (C=O) groups is 2. The summed E-state index contributed by atoms with van der Waals surface area (Å²) in [6.45, 7) is 11.2. The first-order valence-electron chi connectivity index (χ1n) is 8.73. The first-order chi connectivity index (χ1) is 12.6. The monoisotopic (exact) mass is 397 g/mol. The number of carbonyl (C=O) groups excluding carboxylic acids is 2. The van der Waals surface area contributed by atoms with Crippen LogP contribution in [-0.4, -0.2) is 35.3 Å². The van der Waals surface area contributed by atoms with Crippen molar-refractivity contribution in [3.63, 3.8) is 0 Å². The van der Waals surface area contributed by atoms with Crippen molar-refractivity contribution in [1.29, 1.82) is 0 Å². The maximum atomic E-state index is 12.1. The van der Waals surface area contributed by atoms with E-state index in [1.807, 2.05) is 13.8 Å². The van der Waals surface area contributed by atoms with Crippen LogP contribution < -0.4 is 5.32 Å². The minimum Gasteiger partial charge on any atom is -0.461 e. The zero-order valence-corrected chi connectivity index (χ0v) is 17.4. The van der Waals surface area contributed by atoms with Crippen molar-refractivity contribution < 1.29 is 19.1 Å². The van der Waals surface area contributed by atoms with E-state index in [0.29, 0.717) is 11.4 Å². The Kier molecular flexibility index (Phi) is 8.52. The van der Waals surface area contributed by atoms with Gasteiger partial charge < -0.3 is 14.8 Å². The number of hydrogen-bond acceptors (Lipinski definition) is 7. The topological polar surface area (TPSA) is 126 Å². The molecule has 10 heteroatoms. The number of ether oxygens (including phenoxy) is 2. The fraction of sp³-hybridized carbons (Fsp3) is 0.706. The lowest BCUT2D eigenvalue weighted by Gasteiger charge is -2.27. The summed E-state index contributed by atoms with van der Waals surface area (Å²) in [6, 6.07) is -0.921. The molecule has 9 nitrogen and oxygen atoms in total. The van der Waals surface area contributed by atoms with E-state index in [1.54, 1.807) is 33.1 Å². The third kappa shape index (κ3) is 7.84. The van der Waals surface area contributed by atoms with Crippen LogP contribution in [0.5, 0.6) is 0 Å². The first kappa shape index (κ1) is 22.7. The van der Waals surface area contributed by atoms with Gasteiger partial charge in [-0.3, -0.25) is 0 Å². The van der Waals surface area contributed by atoms with Crippen LogP contribution >= 0.6 is 11.3 Å². The van der Waals surface area contributed by atoms with Crippen LogP contribution in [0.15, 0.2) is 10.5 Å². The minimum atomic E-state index is -0.620. The van der Waals surface area contributed by atoms with Crippen molar-refractivity contribution in [2.24, 2.45) is 11.0 Å². The van der Waals surface area contributed by atoms with Gasteiger partial charge in [0.05, 0.1) is 12.6 Å². The van der Waals surface area contributed by atoms with Crippen molar-refractivity contribution in [2.45, 2.75) is 65.6 Å². The van der Waals surface area contributed by atoms with Crippen molar-refractivity contribution in [1.82, 2.24) is 10.3 Å². The summed E-state index contributed by atoms with van der Waals surface area (Å²) < 4.78 is 10.2. The van der Waals surface area contributed by atoms with Crippen LogP contribution in [0.25, 0.3) is 10.4 Å². The number of rotatable bonds is 8. The van der Waals surface area contributed by atoms with Crippen LogP contribution in [0.4, 0.5) is 4.79 Å². The van der Waals surface area contributed by atoms with Crippen LogP contribution in [0, 0.1) is 5.92 Å². The lowest BCUT2D eigenvalue weighted by molar-refractivity contribution is 0.0483. The summed E-state index contributed by atoms with van der Waals surface area (Å²) >= 11 is 1.21. The molecule has 0 fully saturated rings. The lowest BCUT2D eigenvalue weighted by atomic mass is 9.97. The molecular formula is C17H27N5O4S. The molecule has 0 saturated heterocycles. The van der Waals surface area contributed by atoms with E-state index in [0.717, 1.165) is 0 Å². The zero-order valence-electron chi connectivity index (χ0n) is 16.6. The lowest BCUT2D eigenvalue weighted by Crippen LogP contribution is -2.42. The van der Waals surface area contributed by atoms with Gasteiger partial charge in [0, 0.05) is 16.3 Å². The second kappa shape index (κ2) is 10.1. The van der Waals surface area contributed by atoms with E-state index >= 15 is 0 Å². The van der Waals surface area contributed by atoms with E-state index in [9.17, 15) is 9.59 Å². The molecular weight excluding hydrogens is 370 g/mol. The Hall–Kier alpha value is -2.32. The number of alkyl carbamates (subject to hydrolysis) is 1. The number of esters is 1. The molecule has 1 heterocycles. The van der Waals surface area contributed by atoms with E-state index in [4.69, 9.17) is 15.0 Å². The number of amides is 1. The molecule has 1 N–H and O–H groups in total. The number of aromatic nitrogens is 1. The molecule has 0 aromatic carbocycles. The zero-order chi connectivity index (χ0) is 20.6. The fourth-order valence-corrected chi connectivity index (χ4v) is 3.03. The molecule has 1 unspecified atom stereocenters. The van der Waals surface area contributed by atoms with E-state index in [2.05, 4.69) is 20.3 Å². The molecule has 1 aromatic rings. The largest absolute Gasteiger partial charge is 0.461 e. The van der Waals surface area contributed by atoms with Gasteiger partial charge in [0.25, 0.3) is 0 Å². The molecule has 0 radical (unpaired) electrons. The normalized spacial score (nSPS) is 13.4. The van der Waals surface area contributed by atoms with E-state index in [-0.39, 0.29) is 24.3 Å². The number of nitrogens with zero attached hydrogens (tertiary/aromatic N) is 4. The van der Waals surface area contributed by atoms with Gasteiger partial charge >= 0.3 is 12.1 Å². The summed E-state index contributed by atoms with van der Waals surface area (Å²) in [6.07, 6.45) is -0.205. The second-order valence-electron chi connectivity index (χ2n) is 7.24. The van der Waals surface area contributed by atoms with Crippen LogP contribution in [0.3, 0.4) is 0 Å². The van der Waals surface area contributed by atoms with Gasteiger partial charge in [0.15, 0.2) is 5.69 Å². The minimum absolute atomic E-state index is 0.0680. The van der Waals surface area contributed by atoms with Crippen molar-refractivity contribution in [2.75, 3.05) is 6.61 Å². The highest BCUT2D eigenvalue weighted by Gasteiger charge is 2.26.